The number of ketones is 1. The van der Waals surface area contributed by atoms with Crippen LogP contribution >= 0.6 is 0 Å². The predicted octanol–water partition coefficient (Wildman–Crippen LogP) is 7.25. The smallest absolute Gasteiger partial charge is 0.410 e. The molecule has 9 atom stereocenters. The molecule has 1 aliphatic heterocycles. The fourth-order valence-electron chi connectivity index (χ4n) is 11.1. The molecule has 2 aliphatic rings. The summed E-state index contributed by atoms with van der Waals surface area (Å²) in [5.74, 6) is -3.35. The molecular weight excluding hydrogens is 901 g/mol. The van der Waals surface area contributed by atoms with Crippen LogP contribution in [0.4, 0.5) is 4.79 Å². The van der Waals surface area contributed by atoms with Crippen molar-refractivity contribution in [2.24, 2.45) is 35.5 Å². The van der Waals surface area contributed by atoms with Gasteiger partial charge in [0.2, 0.25) is 17.7 Å². The van der Waals surface area contributed by atoms with Gasteiger partial charge in [0.15, 0.2) is 11.6 Å². The number of nitrogens with one attached hydrogen (secondary N) is 2. The molecule has 384 valence electrons. The van der Waals surface area contributed by atoms with Crippen LogP contribution in [-0.4, -0.2) is 135 Å². The molecule has 4 amide bonds. The first-order chi connectivity index (χ1) is 34.0. The van der Waals surface area contributed by atoms with E-state index in [0.29, 0.717) is 38.1 Å². The minimum atomic E-state index is -0.842. The molecule has 4 aromatic rings. The van der Waals surface area contributed by atoms with E-state index in [-0.39, 0.29) is 73.2 Å². The van der Waals surface area contributed by atoms with Crippen molar-refractivity contribution in [3.05, 3.63) is 101 Å². The Morgan fingerprint density at radius 1 is 0.859 bits per heavy atom. The molecule has 1 aromatic heterocycles. The Kier molecular flexibility index (Phi) is 19.1. The first-order valence-corrected chi connectivity index (χ1v) is 25.4. The van der Waals surface area contributed by atoms with Crippen LogP contribution in [0, 0.1) is 35.5 Å². The number of H-pyrrole nitrogens is 1. The van der Waals surface area contributed by atoms with Gasteiger partial charge in [-0.2, -0.15) is 5.21 Å². The largest absolute Gasteiger partial charge is 0.448 e. The van der Waals surface area contributed by atoms with E-state index in [1.54, 1.807) is 37.9 Å². The summed E-state index contributed by atoms with van der Waals surface area (Å²) >= 11 is 0. The molecule has 0 radical (unpaired) electrons. The van der Waals surface area contributed by atoms with E-state index in [1.165, 1.54) is 4.90 Å². The Morgan fingerprint density at radius 3 is 2.06 bits per heavy atom. The monoisotopic (exact) mass is 977 g/mol. The average Bonchev–Trinajstić information content (AvgIpc) is 4.15. The summed E-state index contributed by atoms with van der Waals surface area (Å²) in [5.41, 5.74) is 5.39. The summed E-state index contributed by atoms with van der Waals surface area (Å²) in [6.07, 6.45) is 0.964. The molecule has 16 heteroatoms. The van der Waals surface area contributed by atoms with Crippen LogP contribution in [0.15, 0.2) is 78.9 Å². The number of Topliss-reactive ketones (excluding diaryl/α,β-unsaturated/α-hetero) is 1. The molecule has 1 unspecified atom stereocenters. The minimum Gasteiger partial charge on any atom is -0.448 e. The van der Waals surface area contributed by atoms with Crippen LogP contribution in [-0.2, 0) is 35.1 Å². The van der Waals surface area contributed by atoms with Crippen LogP contribution in [0.2, 0.25) is 0 Å². The highest BCUT2D eigenvalue weighted by Gasteiger charge is 2.44. The number of aromatic nitrogens is 4. The van der Waals surface area contributed by atoms with Gasteiger partial charge in [0.1, 0.15) is 6.61 Å². The number of aliphatic hydroxyl groups excluding tert-OH is 1. The Hall–Kier alpha value is -6.00. The molecule has 0 spiro atoms. The fraction of sp³-hybridized carbons (Fsp3) is 0.564. The van der Waals surface area contributed by atoms with Gasteiger partial charge in [-0.15, -0.1) is 10.2 Å². The normalized spacial score (nSPS) is 17.9. The maximum atomic E-state index is 14.8. The molecule has 1 aliphatic carbocycles. The number of likely N-dealkylation sites (N-methyl/N-ethyl adjacent to an activating group) is 2. The Bertz CT molecular complexity index is 2350. The number of tetrazole rings is 1. The first-order valence-electron chi connectivity index (χ1n) is 25.4. The number of hydrogen-bond acceptors (Lipinski definition) is 11. The quantitative estimate of drug-likeness (QED) is 0.0639. The van der Waals surface area contributed by atoms with E-state index < -0.39 is 54.1 Å². The molecule has 3 N–H and O–H groups in total. The summed E-state index contributed by atoms with van der Waals surface area (Å²) in [4.78, 5) is 76.3. The maximum absolute atomic E-state index is 14.8. The summed E-state index contributed by atoms with van der Waals surface area (Å²) < 4.78 is 12.1. The number of rotatable bonds is 24. The minimum absolute atomic E-state index is 0.0407. The second-order valence-electron chi connectivity index (χ2n) is 20.4. The van der Waals surface area contributed by atoms with Gasteiger partial charge in [-0.05, 0) is 58.4 Å². The molecular formula is C55H76N8O8. The van der Waals surface area contributed by atoms with Crippen molar-refractivity contribution in [3.63, 3.8) is 0 Å². The molecule has 1 saturated heterocycles. The highest BCUT2D eigenvalue weighted by Crippen LogP contribution is 2.44. The molecule has 16 nitrogen and oxygen atoms in total. The van der Waals surface area contributed by atoms with Gasteiger partial charge in [0.25, 0.3) is 0 Å². The Morgan fingerprint density at radius 2 is 1.49 bits per heavy atom. The van der Waals surface area contributed by atoms with Crippen molar-refractivity contribution < 1.29 is 38.6 Å². The summed E-state index contributed by atoms with van der Waals surface area (Å²) in [6.45, 7) is 13.7. The third kappa shape index (κ3) is 12.6. The number of ether oxygens (including phenoxy) is 2. The number of benzene rings is 3. The van der Waals surface area contributed by atoms with Crippen molar-refractivity contribution in [2.45, 2.75) is 123 Å². The van der Waals surface area contributed by atoms with E-state index in [2.05, 4.69) is 50.2 Å². The zero-order chi connectivity index (χ0) is 51.5. The van der Waals surface area contributed by atoms with Crippen molar-refractivity contribution in [1.82, 2.24) is 40.6 Å². The van der Waals surface area contributed by atoms with Crippen LogP contribution in [0.25, 0.3) is 11.1 Å². The lowest BCUT2D eigenvalue weighted by Gasteiger charge is -2.41. The van der Waals surface area contributed by atoms with Gasteiger partial charge in [-0.1, -0.05) is 139 Å². The standard InChI is InChI=1S/C55H76N8O8/c1-11-35(6)51(48(70-10)30-49(66)63-27-19-26-46(63)43(31-64)36(7)53(67)56-45(52-57-59-60-58-52)28-37-20-13-12-14-21-37)61(8)54(68)42(33(2)3)29-47(65)50(34(4)5)62(9)55(69)71-32-44-40-24-17-15-22-38(40)39-23-16-18-25-41(39)44/h12-18,20-25,33-36,42-46,48,50-51,64H,11,19,26-32H2,1-10H3,(H,56,67)(H,57,58,59,60)/t35-,36+,42-,43+,45-,46-,48+,50?,51-/m0/s1. The number of carbonyl (C=O) groups excluding carboxylic acids is 5. The second-order valence-corrected chi connectivity index (χ2v) is 20.4. The van der Waals surface area contributed by atoms with Crippen molar-refractivity contribution in [2.75, 3.05) is 41.0 Å². The zero-order valence-corrected chi connectivity index (χ0v) is 43.3. The van der Waals surface area contributed by atoms with Crippen LogP contribution in [0.3, 0.4) is 0 Å². The number of likely N-dealkylation sites (tertiary alicyclic amines) is 1. The molecule has 0 bridgehead atoms. The maximum Gasteiger partial charge on any atom is 0.410 e. The SMILES string of the molecule is CC[C@H](C)[C@@H]([C@@H](CC(=O)N1CCC[C@H]1[C@H](CO)[C@@H](C)C(=O)N[C@@H](Cc1ccccc1)c1nn[nH]n1)OC)N(C)C(=O)[C@@H](CC(=O)C(C(C)C)N(C)C(=O)OCC1c2ccccc2-c2ccccc21)C(C)C. The highest BCUT2D eigenvalue weighted by atomic mass is 16.6. The number of fused-ring (bicyclic) bond motifs is 3. The lowest BCUT2D eigenvalue weighted by atomic mass is 9.83. The predicted molar refractivity (Wildman–Crippen MR) is 271 cm³/mol. The van der Waals surface area contributed by atoms with Gasteiger partial charge in [0, 0.05) is 76.9 Å². The van der Waals surface area contributed by atoms with Crippen LogP contribution in [0.1, 0.15) is 115 Å². The van der Waals surface area contributed by atoms with E-state index >= 15 is 0 Å². The zero-order valence-electron chi connectivity index (χ0n) is 43.3. The number of aliphatic hydroxyl groups is 1. The van der Waals surface area contributed by atoms with Gasteiger partial charge in [-0.25, -0.2) is 4.79 Å². The van der Waals surface area contributed by atoms with Crippen LogP contribution < -0.4 is 5.32 Å². The van der Waals surface area contributed by atoms with Crippen LogP contribution in [0.5, 0.6) is 0 Å². The highest BCUT2D eigenvalue weighted by molar-refractivity contribution is 5.92. The topological polar surface area (TPSA) is 200 Å². The van der Waals surface area contributed by atoms with E-state index in [9.17, 15) is 29.1 Å². The number of nitrogens with zero attached hydrogens (tertiary/aromatic N) is 6. The van der Waals surface area contributed by atoms with Gasteiger partial charge in [-0.3, -0.25) is 19.2 Å². The number of hydrogen-bond donors (Lipinski definition) is 3. The lowest BCUT2D eigenvalue weighted by Crippen LogP contribution is -2.54. The summed E-state index contributed by atoms with van der Waals surface area (Å²) in [6, 6.07) is 23.5. The molecule has 71 heavy (non-hydrogen) atoms. The van der Waals surface area contributed by atoms with Crippen molar-refractivity contribution in [1.29, 1.82) is 0 Å². The number of carbonyl (C=O) groups is 5. The molecule has 6 rings (SSSR count). The van der Waals surface area contributed by atoms with Crippen molar-refractivity contribution in [3.8, 4) is 11.1 Å². The molecule has 0 saturated carbocycles. The second kappa shape index (κ2) is 24.9. The van der Waals surface area contributed by atoms with E-state index in [0.717, 1.165) is 27.8 Å². The third-order valence-electron chi connectivity index (χ3n) is 15.3. The summed E-state index contributed by atoms with van der Waals surface area (Å²) in [5, 5.41) is 28.4. The van der Waals surface area contributed by atoms with Gasteiger partial charge < -0.3 is 34.6 Å². The van der Waals surface area contributed by atoms with Crippen molar-refractivity contribution >= 4 is 29.6 Å². The van der Waals surface area contributed by atoms with E-state index in [4.69, 9.17) is 9.47 Å². The number of aromatic amines is 1. The Balaban J connectivity index is 1.11. The third-order valence-corrected chi connectivity index (χ3v) is 15.3. The van der Waals surface area contributed by atoms with Gasteiger partial charge >= 0.3 is 6.09 Å². The van der Waals surface area contributed by atoms with E-state index in [1.807, 2.05) is 96.1 Å². The average molecular weight is 977 g/mol. The number of methoxy groups -OCH3 is 1. The molecule has 1 fully saturated rings. The number of amides is 4. The first kappa shape index (κ1) is 54.3. The Labute approximate surface area is 419 Å². The summed E-state index contributed by atoms with van der Waals surface area (Å²) in [7, 11) is 4.85. The molecule has 3 aromatic carbocycles. The lowest BCUT2D eigenvalue weighted by molar-refractivity contribution is -0.148. The van der Waals surface area contributed by atoms with Gasteiger partial charge in [0.05, 0.1) is 30.7 Å². The fourth-order valence-corrected chi connectivity index (χ4v) is 11.1. The molecule has 2 heterocycles.